The first kappa shape index (κ1) is 18.1. The van der Waals surface area contributed by atoms with Crippen LogP contribution < -0.4 is 11.1 Å². The van der Waals surface area contributed by atoms with Crippen molar-refractivity contribution in [1.82, 2.24) is 10.3 Å². The number of amides is 1. The van der Waals surface area contributed by atoms with Gasteiger partial charge in [-0.1, -0.05) is 43.0 Å². The first-order valence-electron chi connectivity index (χ1n) is 9.16. The number of carbonyl (C=O) groups is 1. The molecule has 1 unspecified atom stereocenters. The maximum Gasteiger partial charge on any atom is 0.226 e. The fourth-order valence-electron chi connectivity index (χ4n) is 3.63. The second-order valence-electron chi connectivity index (χ2n) is 7.00. The second-order valence-corrected chi connectivity index (χ2v) is 7.86. The molecule has 1 fully saturated rings. The zero-order valence-corrected chi connectivity index (χ0v) is 15.6. The van der Waals surface area contributed by atoms with E-state index in [1.807, 2.05) is 11.4 Å². The van der Waals surface area contributed by atoms with Crippen molar-refractivity contribution < 1.29 is 4.79 Å². The van der Waals surface area contributed by atoms with Gasteiger partial charge in [0.05, 0.1) is 12.1 Å². The number of thiazole rings is 1. The highest BCUT2D eigenvalue weighted by atomic mass is 32.1. The van der Waals surface area contributed by atoms with Gasteiger partial charge in [0.25, 0.3) is 0 Å². The van der Waals surface area contributed by atoms with Crippen LogP contribution in [0.25, 0.3) is 10.6 Å². The van der Waals surface area contributed by atoms with Crippen molar-refractivity contribution >= 4 is 17.2 Å². The molecule has 0 spiro atoms. The van der Waals surface area contributed by atoms with Gasteiger partial charge in [-0.25, -0.2) is 4.98 Å². The number of benzene rings is 1. The van der Waals surface area contributed by atoms with E-state index in [2.05, 4.69) is 35.4 Å². The number of nitrogens with two attached hydrogens (primary N) is 1. The normalized spacial score (nSPS) is 16.6. The highest BCUT2D eigenvalue weighted by Crippen LogP contribution is 2.27. The van der Waals surface area contributed by atoms with Gasteiger partial charge in [-0.2, -0.15) is 0 Å². The van der Waals surface area contributed by atoms with E-state index in [0.717, 1.165) is 16.3 Å². The molecule has 3 rings (SSSR count). The number of rotatable bonds is 6. The monoisotopic (exact) mass is 357 g/mol. The molecule has 0 aliphatic heterocycles. The summed E-state index contributed by atoms with van der Waals surface area (Å²) in [5.74, 6) is 0.558. The predicted octanol–water partition coefficient (Wildman–Crippen LogP) is 3.68. The number of hydrogen-bond acceptors (Lipinski definition) is 4. The highest BCUT2D eigenvalue weighted by Gasteiger charge is 2.24. The zero-order valence-electron chi connectivity index (χ0n) is 14.8. The van der Waals surface area contributed by atoms with Crippen LogP contribution in [0.1, 0.15) is 43.4 Å². The van der Waals surface area contributed by atoms with E-state index in [1.54, 1.807) is 11.3 Å². The number of nitrogens with zero attached hydrogens (tertiary/aromatic N) is 1. The van der Waals surface area contributed by atoms with Crippen molar-refractivity contribution in [3.63, 3.8) is 0 Å². The predicted molar refractivity (Wildman–Crippen MR) is 104 cm³/mol. The molecule has 1 aromatic heterocycles. The largest absolute Gasteiger partial charge is 0.351 e. The summed E-state index contributed by atoms with van der Waals surface area (Å²) in [6, 6.07) is 8.39. The molecule has 134 valence electrons. The number of carbonyl (C=O) groups excluding carboxylic acids is 1. The summed E-state index contributed by atoms with van der Waals surface area (Å²) in [4.78, 5) is 17.1. The molecule has 4 nitrogen and oxygen atoms in total. The van der Waals surface area contributed by atoms with Crippen LogP contribution in [-0.2, 0) is 11.2 Å². The lowest BCUT2D eigenvalue weighted by atomic mass is 9.84. The third-order valence-corrected chi connectivity index (χ3v) is 5.92. The van der Waals surface area contributed by atoms with E-state index in [0.29, 0.717) is 18.9 Å². The van der Waals surface area contributed by atoms with Crippen molar-refractivity contribution in [2.24, 2.45) is 11.7 Å². The Labute approximate surface area is 153 Å². The number of hydrogen-bond donors (Lipinski definition) is 2. The molecule has 1 aliphatic carbocycles. The zero-order chi connectivity index (χ0) is 17.6. The molecule has 1 amide bonds. The summed E-state index contributed by atoms with van der Waals surface area (Å²) >= 11 is 1.59. The summed E-state index contributed by atoms with van der Waals surface area (Å²) in [6.07, 6.45) is 6.49. The van der Waals surface area contributed by atoms with Gasteiger partial charge in [0.15, 0.2) is 0 Å². The van der Waals surface area contributed by atoms with Gasteiger partial charge >= 0.3 is 0 Å². The van der Waals surface area contributed by atoms with Crippen LogP contribution in [-0.4, -0.2) is 23.5 Å². The molecule has 3 N–H and O–H groups in total. The topological polar surface area (TPSA) is 68.0 Å². The second kappa shape index (κ2) is 8.59. The third-order valence-electron chi connectivity index (χ3n) is 4.98. The lowest BCUT2D eigenvalue weighted by Gasteiger charge is -2.30. The Morgan fingerprint density at radius 2 is 2.16 bits per heavy atom. The van der Waals surface area contributed by atoms with E-state index in [9.17, 15) is 4.79 Å². The molecule has 1 saturated carbocycles. The molecule has 1 aliphatic rings. The molecule has 0 radical (unpaired) electrons. The Kier molecular flexibility index (Phi) is 6.21. The van der Waals surface area contributed by atoms with E-state index in [-0.39, 0.29) is 11.9 Å². The van der Waals surface area contributed by atoms with Gasteiger partial charge in [0.2, 0.25) is 5.91 Å². The van der Waals surface area contributed by atoms with Crippen LogP contribution in [0.4, 0.5) is 0 Å². The summed E-state index contributed by atoms with van der Waals surface area (Å²) in [6.45, 7) is 2.59. The summed E-state index contributed by atoms with van der Waals surface area (Å²) < 4.78 is 0. The molecule has 2 aromatic rings. The highest BCUT2D eigenvalue weighted by molar-refractivity contribution is 7.13. The van der Waals surface area contributed by atoms with Gasteiger partial charge in [-0.15, -0.1) is 11.3 Å². The Balaban J connectivity index is 1.59. The van der Waals surface area contributed by atoms with Crippen LogP contribution in [0.2, 0.25) is 0 Å². The lowest BCUT2D eigenvalue weighted by Crippen LogP contribution is -2.46. The quantitative estimate of drug-likeness (QED) is 0.828. The molecular weight excluding hydrogens is 330 g/mol. The molecule has 1 aromatic carbocycles. The molecule has 1 heterocycles. The minimum absolute atomic E-state index is 0.0297. The molecule has 0 bridgehead atoms. The van der Waals surface area contributed by atoms with Crippen molar-refractivity contribution in [2.75, 3.05) is 6.54 Å². The van der Waals surface area contributed by atoms with Gasteiger partial charge in [-0.05, 0) is 31.7 Å². The van der Waals surface area contributed by atoms with Crippen LogP contribution in [0.3, 0.4) is 0 Å². The van der Waals surface area contributed by atoms with E-state index in [4.69, 9.17) is 5.73 Å². The van der Waals surface area contributed by atoms with E-state index < -0.39 is 0 Å². The number of aryl methyl sites for hydroxylation is 1. The lowest BCUT2D eigenvalue weighted by molar-refractivity contribution is -0.121. The molecule has 0 saturated heterocycles. The summed E-state index contributed by atoms with van der Waals surface area (Å²) in [7, 11) is 0. The van der Waals surface area contributed by atoms with Crippen LogP contribution >= 0.6 is 11.3 Å². The Morgan fingerprint density at radius 1 is 1.36 bits per heavy atom. The van der Waals surface area contributed by atoms with Crippen LogP contribution in [0, 0.1) is 12.8 Å². The van der Waals surface area contributed by atoms with Crippen LogP contribution in [0.15, 0.2) is 29.6 Å². The van der Waals surface area contributed by atoms with Gasteiger partial charge in [-0.3, -0.25) is 4.79 Å². The molecular formula is C20H27N3OS. The molecule has 5 heteroatoms. The van der Waals surface area contributed by atoms with E-state index in [1.165, 1.54) is 37.7 Å². The van der Waals surface area contributed by atoms with E-state index >= 15 is 0 Å². The number of aromatic nitrogens is 1. The Hall–Kier alpha value is -1.72. The average Bonchev–Trinajstić information content (AvgIpc) is 3.09. The van der Waals surface area contributed by atoms with Crippen molar-refractivity contribution in [3.8, 4) is 10.6 Å². The fraction of sp³-hybridized carbons (Fsp3) is 0.500. The Morgan fingerprint density at radius 3 is 2.88 bits per heavy atom. The average molecular weight is 358 g/mol. The van der Waals surface area contributed by atoms with Gasteiger partial charge < -0.3 is 11.1 Å². The first-order valence-corrected chi connectivity index (χ1v) is 10.0. The first-order chi connectivity index (χ1) is 12.2. The van der Waals surface area contributed by atoms with Gasteiger partial charge in [0, 0.05) is 23.5 Å². The number of nitrogens with one attached hydrogen (secondary N) is 1. The van der Waals surface area contributed by atoms with Crippen molar-refractivity contribution in [1.29, 1.82) is 0 Å². The minimum atomic E-state index is 0.0297. The smallest absolute Gasteiger partial charge is 0.226 e. The summed E-state index contributed by atoms with van der Waals surface area (Å²) in [5, 5.41) is 6.09. The maximum absolute atomic E-state index is 12.4. The fourth-order valence-corrected chi connectivity index (χ4v) is 4.44. The maximum atomic E-state index is 12.4. The van der Waals surface area contributed by atoms with Gasteiger partial charge in [0.1, 0.15) is 5.01 Å². The molecule has 1 atom stereocenters. The minimum Gasteiger partial charge on any atom is -0.351 e. The SMILES string of the molecule is Cc1cccc(-c2nc(CC(=O)NC(CN)C3CCCCC3)cs2)c1. The van der Waals surface area contributed by atoms with Crippen LogP contribution in [0.5, 0.6) is 0 Å². The third kappa shape index (κ3) is 4.89. The standard InChI is InChI=1S/C20H27N3OS/c1-14-6-5-9-16(10-14)20-22-17(13-25-20)11-19(24)23-18(12-21)15-7-3-2-4-8-15/h5-6,9-10,13,15,18H,2-4,7-8,11-12,21H2,1H3,(H,23,24). The summed E-state index contributed by atoms with van der Waals surface area (Å²) in [5.41, 5.74) is 9.07. The van der Waals surface area contributed by atoms with Crippen molar-refractivity contribution in [2.45, 2.75) is 51.5 Å². The van der Waals surface area contributed by atoms with Crippen molar-refractivity contribution in [3.05, 3.63) is 40.9 Å². The molecule has 25 heavy (non-hydrogen) atoms. The Bertz CT molecular complexity index is 706.